The van der Waals surface area contributed by atoms with E-state index in [-0.39, 0.29) is 37.6 Å². The summed E-state index contributed by atoms with van der Waals surface area (Å²) in [7, 11) is 1.45. The van der Waals surface area contributed by atoms with E-state index in [1.54, 1.807) is 4.90 Å². The van der Waals surface area contributed by atoms with Gasteiger partial charge in [-0.3, -0.25) is 9.59 Å². The summed E-state index contributed by atoms with van der Waals surface area (Å²) in [6.07, 6.45) is -0.0653. The van der Waals surface area contributed by atoms with Crippen LogP contribution < -0.4 is 5.32 Å². The molecule has 0 saturated carbocycles. The first kappa shape index (κ1) is 19.3. The van der Waals surface area contributed by atoms with E-state index < -0.39 is 23.1 Å². The summed E-state index contributed by atoms with van der Waals surface area (Å²) < 4.78 is 37.8. The number of benzene rings is 1. The zero-order valence-corrected chi connectivity index (χ0v) is 14.3. The summed E-state index contributed by atoms with van der Waals surface area (Å²) in [6.45, 7) is 2.48. The largest absolute Gasteiger partial charge is 0.377 e. The van der Waals surface area contributed by atoms with Crippen molar-refractivity contribution in [1.29, 1.82) is 0 Å². The van der Waals surface area contributed by atoms with Crippen LogP contribution in [-0.2, 0) is 25.6 Å². The minimum atomic E-state index is -0.982. The summed E-state index contributed by atoms with van der Waals surface area (Å²) in [4.78, 5) is 25.5. The molecule has 2 amide bonds. The smallest absolute Gasteiger partial charge is 0.223 e. The van der Waals surface area contributed by atoms with Crippen LogP contribution in [0.5, 0.6) is 0 Å². The molecule has 1 N–H and O–H groups in total. The molecule has 1 heterocycles. The Hall–Kier alpha value is -2.06. The lowest BCUT2D eigenvalue weighted by atomic mass is 9.99. The van der Waals surface area contributed by atoms with E-state index in [4.69, 9.17) is 9.47 Å². The van der Waals surface area contributed by atoms with Gasteiger partial charge in [-0.2, -0.15) is 0 Å². The predicted octanol–water partition coefficient (Wildman–Crippen LogP) is 1.23. The summed E-state index contributed by atoms with van der Waals surface area (Å²) in [5, 5.41) is 2.55. The number of hydrogen-bond acceptors (Lipinski definition) is 4. The molecule has 0 spiro atoms. The molecule has 25 heavy (non-hydrogen) atoms. The van der Waals surface area contributed by atoms with Gasteiger partial charge in [0, 0.05) is 32.7 Å². The Balaban J connectivity index is 2.01. The van der Waals surface area contributed by atoms with Crippen molar-refractivity contribution in [3.05, 3.63) is 35.4 Å². The molecular formula is C17H22F2N2O4. The number of nitrogens with zero attached hydrogens (tertiary/aromatic N) is 1. The normalized spacial score (nSPS) is 20.9. The monoisotopic (exact) mass is 356 g/mol. The minimum absolute atomic E-state index is 0.0577. The van der Waals surface area contributed by atoms with Crippen LogP contribution in [0.15, 0.2) is 18.2 Å². The number of hydrogen-bond donors (Lipinski definition) is 1. The van der Waals surface area contributed by atoms with Gasteiger partial charge in [0.05, 0.1) is 26.2 Å². The van der Waals surface area contributed by atoms with Crippen LogP contribution in [0.2, 0.25) is 0 Å². The number of halogens is 2. The van der Waals surface area contributed by atoms with Gasteiger partial charge < -0.3 is 19.7 Å². The molecule has 1 aromatic rings. The second-order valence-corrected chi connectivity index (χ2v) is 6.05. The minimum Gasteiger partial charge on any atom is -0.377 e. The number of nitrogens with one attached hydrogen (secondary N) is 1. The molecule has 0 unspecified atom stereocenters. The van der Waals surface area contributed by atoms with Crippen LogP contribution in [-0.4, -0.2) is 55.7 Å². The van der Waals surface area contributed by atoms with Gasteiger partial charge in [-0.05, 0) is 6.07 Å². The number of methoxy groups -OCH3 is 1. The van der Waals surface area contributed by atoms with E-state index in [0.29, 0.717) is 13.2 Å². The number of amides is 2. The molecule has 0 radical (unpaired) electrons. The molecule has 1 fully saturated rings. The lowest BCUT2D eigenvalue weighted by Crippen LogP contribution is -2.50. The number of carbonyl (C=O) groups is 2. The third-order valence-corrected chi connectivity index (χ3v) is 4.22. The molecule has 0 aliphatic carbocycles. The Morgan fingerprint density at radius 3 is 2.84 bits per heavy atom. The maximum Gasteiger partial charge on any atom is 0.223 e. The van der Waals surface area contributed by atoms with Gasteiger partial charge in [0.15, 0.2) is 11.6 Å². The van der Waals surface area contributed by atoms with E-state index in [1.165, 1.54) is 26.2 Å². The summed E-state index contributed by atoms with van der Waals surface area (Å²) in [6, 6.07) is 3.79. The third kappa shape index (κ3) is 4.96. The predicted molar refractivity (Wildman–Crippen MR) is 85.6 cm³/mol. The van der Waals surface area contributed by atoms with Crippen molar-refractivity contribution >= 4 is 11.8 Å². The van der Waals surface area contributed by atoms with Gasteiger partial charge >= 0.3 is 0 Å². The van der Waals surface area contributed by atoms with Crippen LogP contribution in [0.4, 0.5) is 8.78 Å². The summed E-state index contributed by atoms with van der Waals surface area (Å²) in [5.41, 5.74) is -0.922. The molecule has 1 aliphatic rings. The van der Waals surface area contributed by atoms with Crippen molar-refractivity contribution in [2.45, 2.75) is 25.5 Å². The molecule has 2 rings (SSSR count). The summed E-state index contributed by atoms with van der Waals surface area (Å²) in [5.74, 6) is -2.48. The first-order chi connectivity index (χ1) is 11.9. The number of ether oxygens (including phenoxy) is 2. The van der Waals surface area contributed by atoms with Crippen LogP contribution in [0.3, 0.4) is 0 Å². The SMILES string of the molecule is CO[C@]1(CC(=O)NCc2cccc(F)c2F)COCCN(C(C)=O)C1. The molecule has 1 atom stereocenters. The first-order valence-corrected chi connectivity index (χ1v) is 7.95. The van der Waals surface area contributed by atoms with E-state index in [2.05, 4.69) is 5.32 Å². The Kier molecular flexibility index (Phi) is 6.44. The van der Waals surface area contributed by atoms with Crippen molar-refractivity contribution in [2.24, 2.45) is 0 Å². The second kappa shape index (κ2) is 8.35. The average Bonchev–Trinajstić information content (AvgIpc) is 2.79. The number of carbonyl (C=O) groups excluding carboxylic acids is 2. The third-order valence-electron chi connectivity index (χ3n) is 4.22. The molecular weight excluding hydrogens is 334 g/mol. The van der Waals surface area contributed by atoms with Crippen molar-refractivity contribution in [2.75, 3.05) is 33.4 Å². The zero-order valence-electron chi connectivity index (χ0n) is 14.3. The fourth-order valence-electron chi connectivity index (χ4n) is 2.71. The van der Waals surface area contributed by atoms with Gasteiger partial charge in [-0.25, -0.2) is 8.78 Å². The maximum absolute atomic E-state index is 13.6. The molecule has 6 nitrogen and oxygen atoms in total. The molecule has 138 valence electrons. The quantitative estimate of drug-likeness (QED) is 0.862. The van der Waals surface area contributed by atoms with Crippen molar-refractivity contribution in [3.63, 3.8) is 0 Å². The van der Waals surface area contributed by atoms with Gasteiger partial charge in [-0.1, -0.05) is 12.1 Å². The molecule has 0 aromatic heterocycles. The molecule has 8 heteroatoms. The van der Waals surface area contributed by atoms with Crippen LogP contribution in [0.25, 0.3) is 0 Å². The van der Waals surface area contributed by atoms with Gasteiger partial charge in [-0.15, -0.1) is 0 Å². The topological polar surface area (TPSA) is 67.9 Å². The Bertz CT molecular complexity index is 641. The standard InChI is InChI=1S/C17H22F2N2O4/c1-12(22)21-6-7-25-11-17(10-21,24-2)8-15(23)20-9-13-4-3-5-14(18)16(13)19/h3-5H,6-11H2,1-2H3,(H,20,23)/t17-/m0/s1. The molecule has 1 saturated heterocycles. The molecule has 0 bridgehead atoms. The van der Waals surface area contributed by atoms with Gasteiger partial charge in [0.25, 0.3) is 0 Å². The Labute approximate surface area is 145 Å². The van der Waals surface area contributed by atoms with E-state index in [9.17, 15) is 18.4 Å². The van der Waals surface area contributed by atoms with Gasteiger partial charge in [0.1, 0.15) is 5.60 Å². The average molecular weight is 356 g/mol. The van der Waals surface area contributed by atoms with E-state index in [1.807, 2.05) is 0 Å². The van der Waals surface area contributed by atoms with Crippen molar-refractivity contribution in [1.82, 2.24) is 10.2 Å². The van der Waals surface area contributed by atoms with Gasteiger partial charge in [0.2, 0.25) is 11.8 Å². The van der Waals surface area contributed by atoms with E-state index >= 15 is 0 Å². The summed E-state index contributed by atoms with van der Waals surface area (Å²) >= 11 is 0. The maximum atomic E-state index is 13.6. The van der Waals surface area contributed by atoms with Crippen LogP contribution in [0, 0.1) is 11.6 Å². The Morgan fingerprint density at radius 1 is 1.40 bits per heavy atom. The van der Waals surface area contributed by atoms with Crippen molar-refractivity contribution in [3.8, 4) is 0 Å². The highest BCUT2D eigenvalue weighted by Crippen LogP contribution is 2.21. The molecule has 1 aliphatic heterocycles. The fraction of sp³-hybridized carbons (Fsp3) is 0.529. The second-order valence-electron chi connectivity index (χ2n) is 6.05. The lowest BCUT2D eigenvalue weighted by molar-refractivity contribution is -0.139. The van der Waals surface area contributed by atoms with Crippen LogP contribution in [0.1, 0.15) is 18.9 Å². The number of rotatable bonds is 5. The Morgan fingerprint density at radius 2 is 2.16 bits per heavy atom. The van der Waals surface area contributed by atoms with E-state index in [0.717, 1.165) is 6.07 Å². The first-order valence-electron chi connectivity index (χ1n) is 7.95. The highest BCUT2D eigenvalue weighted by Gasteiger charge is 2.38. The lowest BCUT2D eigenvalue weighted by Gasteiger charge is -2.33. The van der Waals surface area contributed by atoms with Crippen molar-refractivity contribution < 1.29 is 27.8 Å². The highest BCUT2D eigenvalue weighted by molar-refractivity contribution is 5.77. The highest BCUT2D eigenvalue weighted by atomic mass is 19.2. The fourth-order valence-corrected chi connectivity index (χ4v) is 2.71. The molecule has 1 aromatic carbocycles. The zero-order chi connectivity index (χ0) is 18.4. The van der Waals surface area contributed by atoms with Crippen LogP contribution >= 0.6 is 0 Å².